The largest absolute Gasteiger partial charge is 0.444 e. The van der Waals surface area contributed by atoms with Crippen molar-refractivity contribution in [3.63, 3.8) is 0 Å². The Morgan fingerprint density at radius 2 is 1.81 bits per heavy atom. The van der Waals surface area contributed by atoms with Crippen molar-refractivity contribution in [2.45, 2.75) is 70.2 Å². The summed E-state index contributed by atoms with van der Waals surface area (Å²) in [5.74, 6) is 0. The van der Waals surface area contributed by atoms with Gasteiger partial charge in [0.05, 0.1) is 0 Å². The van der Waals surface area contributed by atoms with Crippen LogP contribution in [-0.2, 0) is 4.74 Å². The highest BCUT2D eigenvalue weighted by molar-refractivity contribution is 6.29. The number of hydrogen-bond acceptors (Lipinski definition) is 5. The summed E-state index contributed by atoms with van der Waals surface area (Å²) in [6.45, 7) is 5.62. The first-order chi connectivity index (χ1) is 12.7. The predicted molar refractivity (Wildman–Crippen MR) is 102 cm³/mol. The maximum absolute atomic E-state index is 12.6. The van der Waals surface area contributed by atoms with Crippen molar-refractivity contribution in [1.82, 2.24) is 19.7 Å². The normalized spacial score (nSPS) is 25.0. The molecule has 2 aliphatic rings. The Kier molecular flexibility index (Phi) is 4.37. The van der Waals surface area contributed by atoms with E-state index in [9.17, 15) is 9.59 Å². The van der Waals surface area contributed by atoms with Gasteiger partial charge in [-0.1, -0.05) is 11.6 Å². The van der Waals surface area contributed by atoms with Crippen molar-refractivity contribution in [1.29, 1.82) is 0 Å². The summed E-state index contributed by atoms with van der Waals surface area (Å²) in [5.41, 5.74) is -0.0781. The third kappa shape index (κ3) is 3.40. The molecule has 2 saturated heterocycles. The monoisotopic (exact) mass is 390 g/mol. The van der Waals surface area contributed by atoms with Crippen molar-refractivity contribution in [3.8, 4) is 0 Å². The number of piperidine rings is 1. The van der Waals surface area contributed by atoms with Crippen LogP contribution in [0, 0.1) is 0 Å². The van der Waals surface area contributed by atoms with Gasteiger partial charge in [0.25, 0.3) is 5.56 Å². The third-order valence-corrected chi connectivity index (χ3v) is 5.51. The second kappa shape index (κ2) is 6.48. The Labute approximate surface area is 162 Å². The fraction of sp³-hybridized carbons (Fsp3) is 0.579. The summed E-state index contributed by atoms with van der Waals surface area (Å²) in [5, 5.41) is 9.16. The zero-order valence-electron chi connectivity index (χ0n) is 15.7. The molecule has 2 aromatic rings. The average Bonchev–Trinajstić information content (AvgIpc) is 2.84. The maximum atomic E-state index is 12.6. The van der Waals surface area contributed by atoms with Gasteiger partial charge in [-0.15, -0.1) is 10.2 Å². The molecule has 4 heterocycles. The van der Waals surface area contributed by atoms with Crippen molar-refractivity contribution >= 4 is 28.7 Å². The zero-order valence-corrected chi connectivity index (χ0v) is 16.4. The highest BCUT2D eigenvalue weighted by Crippen LogP contribution is 2.41. The summed E-state index contributed by atoms with van der Waals surface area (Å²) in [7, 11) is 0. The third-order valence-electron chi connectivity index (χ3n) is 5.32. The number of fused-ring (bicyclic) bond motifs is 3. The summed E-state index contributed by atoms with van der Waals surface area (Å²) in [4.78, 5) is 27.1. The van der Waals surface area contributed by atoms with Gasteiger partial charge in [0, 0.05) is 29.6 Å². The van der Waals surface area contributed by atoms with Crippen LogP contribution >= 0.6 is 11.6 Å². The Hall–Kier alpha value is -2.15. The molecule has 0 saturated carbocycles. The summed E-state index contributed by atoms with van der Waals surface area (Å²) >= 11 is 5.94. The lowest BCUT2D eigenvalue weighted by molar-refractivity contribution is 0.00298. The van der Waals surface area contributed by atoms with E-state index in [0.29, 0.717) is 23.6 Å². The van der Waals surface area contributed by atoms with Crippen LogP contribution in [-0.4, -0.2) is 43.4 Å². The van der Waals surface area contributed by atoms with Crippen LogP contribution in [0.4, 0.5) is 4.79 Å². The SMILES string of the molecule is CC(C)(C)OC(=O)N1[C@@H]2CC[C@H]1CC(n1c(=O)ccc3cc(Cl)nnc31)C2. The van der Waals surface area contributed by atoms with E-state index in [1.165, 1.54) is 0 Å². The zero-order chi connectivity index (χ0) is 19.3. The van der Waals surface area contributed by atoms with E-state index >= 15 is 0 Å². The number of pyridine rings is 1. The molecule has 8 heteroatoms. The smallest absolute Gasteiger partial charge is 0.410 e. The standard InChI is InChI=1S/C19H23ClN4O3/c1-19(2,3)27-18(26)23-12-5-6-13(23)10-14(9-12)24-16(25)7-4-11-8-15(20)21-22-17(11)24/h4,7-8,12-14H,5-6,9-10H2,1-3H3/t12-,13+,14?. The molecule has 3 atom stereocenters. The molecule has 0 spiro atoms. The highest BCUT2D eigenvalue weighted by atomic mass is 35.5. The first-order valence-corrected chi connectivity index (χ1v) is 9.66. The van der Waals surface area contributed by atoms with E-state index in [4.69, 9.17) is 16.3 Å². The van der Waals surface area contributed by atoms with Crippen LogP contribution < -0.4 is 5.56 Å². The molecule has 0 aliphatic carbocycles. The van der Waals surface area contributed by atoms with Crippen LogP contribution in [0.25, 0.3) is 11.0 Å². The summed E-state index contributed by atoms with van der Waals surface area (Å²) < 4.78 is 7.31. The molecule has 27 heavy (non-hydrogen) atoms. The Balaban J connectivity index is 1.64. The lowest BCUT2D eigenvalue weighted by Crippen LogP contribution is -2.49. The van der Waals surface area contributed by atoms with Gasteiger partial charge in [0.1, 0.15) is 5.60 Å². The highest BCUT2D eigenvalue weighted by Gasteiger charge is 2.45. The molecule has 1 unspecified atom stereocenters. The minimum atomic E-state index is -0.519. The van der Waals surface area contributed by atoms with E-state index in [1.807, 2.05) is 25.7 Å². The van der Waals surface area contributed by atoms with E-state index in [-0.39, 0.29) is 29.8 Å². The molecule has 4 rings (SSSR count). The van der Waals surface area contributed by atoms with E-state index in [2.05, 4.69) is 10.2 Å². The van der Waals surface area contributed by atoms with Crippen LogP contribution in [0.1, 0.15) is 52.5 Å². The van der Waals surface area contributed by atoms with Gasteiger partial charge in [-0.2, -0.15) is 0 Å². The molecule has 1 amide bonds. The van der Waals surface area contributed by atoms with Crippen molar-refractivity contribution in [2.24, 2.45) is 0 Å². The molecule has 2 bridgehead atoms. The number of carbonyl (C=O) groups excluding carboxylic acids is 1. The lowest BCUT2D eigenvalue weighted by atomic mass is 9.97. The number of hydrogen-bond donors (Lipinski definition) is 0. The van der Waals surface area contributed by atoms with Gasteiger partial charge in [0.2, 0.25) is 0 Å². The van der Waals surface area contributed by atoms with Crippen molar-refractivity contribution < 1.29 is 9.53 Å². The van der Waals surface area contributed by atoms with Gasteiger partial charge >= 0.3 is 6.09 Å². The molecule has 0 aromatic carbocycles. The quantitative estimate of drug-likeness (QED) is 0.744. The van der Waals surface area contributed by atoms with Crippen LogP contribution in [0.5, 0.6) is 0 Å². The number of halogens is 1. The molecule has 0 N–H and O–H groups in total. The second-order valence-electron chi connectivity index (χ2n) is 8.39. The number of amides is 1. The second-order valence-corrected chi connectivity index (χ2v) is 8.77. The lowest BCUT2D eigenvalue weighted by Gasteiger charge is -2.40. The van der Waals surface area contributed by atoms with Gasteiger partial charge in [-0.05, 0) is 58.6 Å². The molecule has 2 aliphatic heterocycles. The minimum absolute atomic E-state index is 0.0205. The molecule has 2 aromatic heterocycles. The van der Waals surface area contributed by atoms with E-state index < -0.39 is 5.60 Å². The molecular formula is C19H23ClN4O3. The molecular weight excluding hydrogens is 368 g/mol. The average molecular weight is 391 g/mol. The fourth-order valence-electron chi connectivity index (χ4n) is 4.35. The maximum Gasteiger partial charge on any atom is 0.410 e. The van der Waals surface area contributed by atoms with Crippen molar-refractivity contribution in [3.05, 3.63) is 33.7 Å². The Morgan fingerprint density at radius 1 is 1.15 bits per heavy atom. The molecule has 0 radical (unpaired) electrons. The number of aromatic nitrogens is 3. The molecule has 2 fully saturated rings. The fourth-order valence-corrected chi connectivity index (χ4v) is 4.51. The van der Waals surface area contributed by atoms with Gasteiger partial charge in [-0.3, -0.25) is 9.36 Å². The minimum Gasteiger partial charge on any atom is -0.444 e. The van der Waals surface area contributed by atoms with Gasteiger partial charge < -0.3 is 9.64 Å². The summed E-state index contributed by atoms with van der Waals surface area (Å²) in [6.07, 6.45) is 3.01. The molecule has 7 nitrogen and oxygen atoms in total. The Morgan fingerprint density at radius 3 is 2.44 bits per heavy atom. The number of ether oxygens (including phenoxy) is 1. The number of rotatable bonds is 1. The van der Waals surface area contributed by atoms with Gasteiger partial charge in [0.15, 0.2) is 10.8 Å². The van der Waals surface area contributed by atoms with Gasteiger partial charge in [-0.25, -0.2) is 4.79 Å². The first kappa shape index (κ1) is 18.2. The van der Waals surface area contributed by atoms with Crippen LogP contribution in [0.3, 0.4) is 0 Å². The topological polar surface area (TPSA) is 77.3 Å². The molecule has 144 valence electrons. The Bertz CT molecular complexity index is 938. The van der Waals surface area contributed by atoms with Crippen molar-refractivity contribution in [2.75, 3.05) is 0 Å². The predicted octanol–water partition coefficient (Wildman–Crippen LogP) is 3.55. The van der Waals surface area contributed by atoms with Crippen LogP contribution in [0.2, 0.25) is 5.15 Å². The number of carbonyl (C=O) groups is 1. The van der Waals surface area contributed by atoms with Crippen LogP contribution in [0.15, 0.2) is 23.0 Å². The van der Waals surface area contributed by atoms with E-state index in [0.717, 1.165) is 18.2 Å². The number of nitrogens with zero attached hydrogens (tertiary/aromatic N) is 4. The summed E-state index contributed by atoms with van der Waals surface area (Å²) in [6, 6.07) is 5.11. The first-order valence-electron chi connectivity index (χ1n) is 9.29. The van der Waals surface area contributed by atoms with E-state index in [1.54, 1.807) is 22.8 Å².